The van der Waals surface area contributed by atoms with Gasteiger partial charge in [-0.3, -0.25) is 9.71 Å². The lowest BCUT2D eigenvalue weighted by molar-refractivity contribution is 0.586. The van der Waals surface area contributed by atoms with Crippen molar-refractivity contribution in [2.24, 2.45) is 0 Å². The molecule has 0 fully saturated rings. The van der Waals surface area contributed by atoms with Crippen molar-refractivity contribution in [3.8, 4) is 6.07 Å². The Labute approximate surface area is 158 Å². The molecule has 0 spiro atoms. The molecule has 0 unspecified atom stereocenters. The first-order valence-electron chi connectivity index (χ1n) is 8.72. The number of nitrogens with one attached hydrogen (secondary N) is 2. The van der Waals surface area contributed by atoms with Crippen LogP contribution in [0.5, 0.6) is 0 Å². The molecule has 26 heavy (non-hydrogen) atoms. The molecule has 0 aliphatic rings. The van der Waals surface area contributed by atoms with Crippen molar-refractivity contribution in [2.75, 3.05) is 13.1 Å². The maximum atomic E-state index is 9.54. The molecule has 5 heteroatoms. The van der Waals surface area contributed by atoms with Crippen molar-refractivity contribution in [3.63, 3.8) is 0 Å². The first-order valence-corrected chi connectivity index (χ1v) is 9.53. The molecule has 132 valence electrons. The van der Waals surface area contributed by atoms with Crippen LogP contribution in [-0.4, -0.2) is 24.1 Å². The van der Waals surface area contributed by atoms with Crippen LogP contribution >= 0.6 is 11.9 Å². The third-order valence-electron chi connectivity index (χ3n) is 4.15. The minimum atomic E-state index is 0.287. The predicted molar refractivity (Wildman–Crippen MR) is 108 cm³/mol. The lowest BCUT2D eigenvalue weighted by atomic mass is 10.1. The van der Waals surface area contributed by atoms with Crippen LogP contribution < -0.4 is 10.0 Å². The number of hydrogen-bond donors (Lipinski definition) is 2. The maximum Gasteiger partial charge on any atom is 0.101 e. The first-order chi connectivity index (χ1) is 12.8. The molecule has 2 N–H and O–H groups in total. The Bertz CT molecular complexity index is 889. The Balaban J connectivity index is 1.49. The van der Waals surface area contributed by atoms with Gasteiger partial charge in [0.05, 0.1) is 5.56 Å². The Hall–Kier alpha value is -2.39. The van der Waals surface area contributed by atoms with E-state index in [4.69, 9.17) is 0 Å². The van der Waals surface area contributed by atoms with Crippen molar-refractivity contribution in [1.29, 1.82) is 5.26 Å². The average Bonchev–Trinajstić information content (AvgIpc) is 2.70. The van der Waals surface area contributed by atoms with Crippen LogP contribution in [0.15, 0.2) is 65.8 Å². The van der Waals surface area contributed by atoms with E-state index >= 15 is 0 Å². The number of nitriles is 1. The predicted octanol–water partition coefficient (Wildman–Crippen LogP) is 3.92. The fourth-order valence-electron chi connectivity index (χ4n) is 2.75. The smallest absolute Gasteiger partial charge is 0.101 e. The largest absolute Gasteiger partial charge is 0.315 e. The number of pyridine rings is 1. The third-order valence-corrected chi connectivity index (χ3v) is 5.23. The van der Waals surface area contributed by atoms with Crippen molar-refractivity contribution in [2.45, 2.75) is 24.3 Å². The second kappa shape index (κ2) is 9.35. The van der Waals surface area contributed by atoms with Crippen LogP contribution in [0.1, 0.15) is 18.1 Å². The fourth-order valence-corrected chi connectivity index (χ4v) is 3.56. The lowest BCUT2D eigenvalue weighted by Crippen LogP contribution is -2.33. The van der Waals surface area contributed by atoms with Gasteiger partial charge in [-0.05, 0) is 49.5 Å². The number of nitrogens with zero attached hydrogens (tertiary/aromatic N) is 2. The van der Waals surface area contributed by atoms with Gasteiger partial charge in [0.25, 0.3) is 0 Å². The molecular formula is C21H22N4S. The fraction of sp³-hybridized carbons (Fsp3) is 0.238. The summed E-state index contributed by atoms with van der Waals surface area (Å²) in [5, 5.41) is 15.0. The van der Waals surface area contributed by atoms with Gasteiger partial charge < -0.3 is 5.32 Å². The second-order valence-electron chi connectivity index (χ2n) is 6.21. The molecule has 2 aromatic carbocycles. The van der Waals surface area contributed by atoms with E-state index in [1.165, 1.54) is 17.5 Å². The zero-order valence-corrected chi connectivity index (χ0v) is 15.6. The van der Waals surface area contributed by atoms with Crippen LogP contribution in [0.2, 0.25) is 0 Å². The molecule has 1 atom stereocenters. The molecule has 0 aliphatic heterocycles. The van der Waals surface area contributed by atoms with Gasteiger partial charge in [-0.2, -0.15) is 5.26 Å². The summed E-state index contributed by atoms with van der Waals surface area (Å²) in [6.07, 6.45) is 4.54. The second-order valence-corrected chi connectivity index (χ2v) is 7.09. The van der Waals surface area contributed by atoms with Gasteiger partial charge in [0, 0.05) is 40.6 Å². The van der Waals surface area contributed by atoms with Gasteiger partial charge in [-0.25, -0.2) is 0 Å². The third kappa shape index (κ3) is 4.83. The molecule has 0 bridgehead atoms. The minimum Gasteiger partial charge on any atom is -0.315 e. The summed E-state index contributed by atoms with van der Waals surface area (Å²) in [7, 11) is 0. The first kappa shape index (κ1) is 18.4. The molecule has 1 aromatic heterocycles. The molecular weight excluding hydrogens is 340 g/mol. The number of benzene rings is 2. The van der Waals surface area contributed by atoms with Crippen LogP contribution in [-0.2, 0) is 6.42 Å². The monoisotopic (exact) mass is 362 g/mol. The number of rotatable bonds is 8. The summed E-state index contributed by atoms with van der Waals surface area (Å²) in [6, 6.07) is 19.0. The number of hydrogen-bond acceptors (Lipinski definition) is 5. The van der Waals surface area contributed by atoms with Crippen LogP contribution in [0.3, 0.4) is 0 Å². The molecule has 0 aliphatic carbocycles. The number of fused-ring (bicyclic) bond motifs is 1. The van der Waals surface area contributed by atoms with Gasteiger partial charge in [0.1, 0.15) is 6.07 Å². The Morgan fingerprint density at radius 3 is 2.81 bits per heavy atom. The van der Waals surface area contributed by atoms with Crippen LogP contribution in [0.4, 0.5) is 0 Å². The van der Waals surface area contributed by atoms with E-state index in [1.54, 1.807) is 12.4 Å². The van der Waals surface area contributed by atoms with Gasteiger partial charge in [0.15, 0.2) is 0 Å². The van der Waals surface area contributed by atoms with E-state index in [1.807, 2.05) is 24.3 Å². The summed E-state index contributed by atoms with van der Waals surface area (Å²) in [4.78, 5) is 5.06. The van der Waals surface area contributed by atoms with Gasteiger partial charge in [0.2, 0.25) is 0 Å². The van der Waals surface area contributed by atoms with Gasteiger partial charge in [-0.15, -0.1) is 0 Å². The highest BCUT2D eigenvalue weighted by Gasteiger charge is 2.09. The van der Waals surface area contributed by atoms with Crippen molar-refractivity contribution in [3.05, 3.63) is 72.1 Å². The van der Waals surface area contributed by atoms with Gasteiger partial charge >= 0.3 is 0 Å². The summed E-state index contributed by atoms with van der Waals surface area (Å²) < 4.78 is 3.42. The highest BCUT2D eigenvalue weighted by Crippen LogP contribution is 2.27. The van der Waals surface area contributed by atoms with Gasteiger partial charge in [-0.1, -0.05) is 36.4 Å². The normalized spacial score (nSPS) is 12.0. The lowest BCUT2D eigenvalue weighted by Gasteiger charge is -2.15. The molecule has 1 heterocycles. The van der Waals surface area contributed by atoms with E-state index in [-0.39, 0.29) is 6.04 Å². The molecule has 0 saturated carbocycles. The topological polar surface area (TPSA) is 60.7 Å². The molecule has 0 radical (unpaired) electrons. The summed E-state index contributed by atoms with van der Waals surface area (Å²) in [5.74, 6) is 0. The van der Waals surface area contributed by atoms with Crippen LogP contribution in [0.25, 0.3) is 10.8 Å². The van der Waals surface area contributed by atoms with Crippen molar-refractivity contribution < 1.29 is 0 Å². The van der Waals surface area contributed by atoms with E-state index in [2.05, 4.69) is 52.3 Å². The van der Waals surface area contributed by atoms with Crippen LogP contribution in [0, 0.1) is 11.3 Å². The summed E-state index contributed by atoms with van der Waals surface area (Å²) in [5.41, 5.74) is 2.05. The summed E-state index contributed by atoms with van der Waals surface area (Å²) in [6.45, 7) is 3.96. The number of aromatic nitrogens is 1. The molecule has 4 nitrogen and oxygen atoms in total. The highest BCUT2D eigenvalue weighted by molar-refractivity contribution is 7.97. The summed E-state index contributed by atoms with van der Waals surface area (Å²) >= 11 is 1.52. The van der Waals surface area contributed by atoms with E-state index < -0.39 is 0 Å². The zero-order valence-electron chi connectivity index (χ0n) is 14.8. The SMILES string of the molecule is C[C@H](CNCCc1ccccc1)NSc1ccc2cnccc2c1C#N. The molecule has 3 rings (SSSR count). The van der Waals surface area contributed by atoms with E-state index in [0.717, 1.165) is 35.2 Å². The maximum absolute atomic E-state index is 9.54. The van der Waals surface area contributed by atoms with Crippen molar-refractivity contribution >= 4 is 22.7 Å². The minimum absolute atomic E-state index is 0.287. The highest BCUT2D eigenvalue weighted by atomic mass is 32.2. The Morgan fingerprint density at radius 1 is 1.15 bits per heavy atom. The van der Waals surface area contributed by atoms with E-state index in [0.29, 0.717) is 5.56 Å². The quantitative estimate of drug-likeness (QED) is 0.470. The Kier molecular flexibility index (Phi) is 6.62. The molecule has 0 saturated heterocycles. The van der Waals surface area contributed by atoms with Crippen molar-refractivity contribution in [1.82, 2.24) is 15.0 Å². The Morgan fingerprint density at radius 2 is 2.00 bits per heavy atom. The standard InChI is InChI=1S/C21H22N4S/c1-16(14-23-11-9-17-5-3-2-4-6-17)25-26-21-8-7-18-15-24-12-10-19(18)20(21)13-22/h2-8,10,12,15-16,23,25H,9,11,14H2,1H3/t16-/m1/s1. The zero-order chi connectivity index (χ0) is 18.2. The average molecular weight is 363 g/mol. The molecule has 3 aromatic rings. The molecule has 0 amide bonds. The van der Waals surface area contributed by atoms with E-state index in [9.17, 15) is 5.26 Å².